The van der Waals surface area contributed by atoms with E-state index in [1.807, 2.05) is 0 Å². The first-order valence-electron chi connectivity index (χ1n) is 3.00. The molecule has 1 aromatic carbocycles. The normalized spacial score (nSPS) is 8.29. The number of phenolic OH excluding ortho intramolecular Hbond substituents is 3. The zero-order chi connectivity index (χ0) is 9.30. The van der Waals surface area contributed by atoms with Crippen molar-refractivity contribution in [1.29, 1.82) is 0 Å². The van der Waals surface area contributed by atoms with Gasteiger partial charge in [-0.15, -0.1) is 0 Å². The molecule has 4 N–H and O–H groups in total. The third-order valence-corrected chi connectivity index (χ3v) is 1.32. The molecule has 0 fully saturated rings. The quantitative estimate of drug-likeness (QED) is 0.368. The summed E-state index contributed by atoms with van der Waals surface area (Å²) in [5, 5.41) is 35.0. The summed E-state index contributed by atoms with van der Waals surface area (Å²) in [6.45, 7) is 0. The monoisotopic (exact) mass is 418 g/mol. The van der Waals surface area contributed by atoms with E-state index >= 15 is 0 Å². The standard InChI is InChI=1S/C7H6O5.Gd.Sr.2H/c8-4-1-3(7(11)12)2-5(9)6(4)10;;;;/h1-2,8-10H,(H,11,12);;;;. The molecular formula is C7H8GdO5Sr. The summed E-state index contributed by atoms with van der Waals surface area (Å²) >= 11 is 0. The maximum absolute atomic E-state index is 10.3. The van der Waals surface area contributed by atoms with Crippen LogP contribution in [-0.4, -0.2) is 71.9 Å². The van der Waals surface area contributed by atoms with Crippen LogP contribution < -0.4 is 0 Å². The summed E-state index contributed by atoms with van der Waals surface area (Å²) in [6.07, 6.45) is 0. The minimum absolute atomic E-state index is 0. The minimum atomic E-state index is -1.29. The molecule has 0 aliphatic heterocycles. The molecule has 0 aliphatic carbocycles. The molecule has 7 heteroatoms. The van der Waals surface area contributed by atoms with E-state index < -0.39 is 23.2 Å². The van der Waals surface area contributed by atoms with Crippen molar-refractivity contribution in [2.24, 2.45) is 0 Å². The molecule has 0 aromatic heterocycles. The Morgan fingerprint density at radius 2 is 1.43 bits per heavy atom. The Morgan fingerprint density at radius 3 is 1.71 bits per heavy atom. The van der Waals surface area contributed by atoms with Crippen molar-refractivity contribution in [3.05, 3.63) is 17.7 Å². The molecule has 5 nitrogen and oxygen atoms in total. The van der Waals surface area contributed by atoms with Crippen molar-refractivity contribution >= 4 is 51.5 Å². The van der Waals surface area contributed by atoms with Crippen molar-refractivity contribution < 1.29 is 65.2 Å². The molecular weight excluding hydrogens is 409 g/mol. The third kappa shape index (κ3) is 4.18. The number of phenols is 3. The molecule has 0 aliphatic rings. The van der Waals surface area contributed by atoms with Gasteiger partial charge in [0.05, 0.1) is 5.56 Å². The van der Waals surface area contributed by atoms with E-state index in [-0.39, 0.29) is 91.0 Å². The van der Waals surface area contributed by atoms with Gasteiger partial charge in [0.1, 0.15) is 0 Å². The number of hydrogen-bond acceptors (Lipinski definition) is 4. The number of aromatic hydroxyl groups is 3. The third-order valence-electron chi connectivity index (χ3n) is 1.32. The molecule has 0 saturated heterocycles. The average molecular weight is 417 g/mol. The van der Waals surface area contributed by atoms with E-state index in [1.54, 1.807) is 0 Å². The Bertz CT molecular complexity index is 318. The average Bonchev–Trinajstić information content (AvgIpc) is 1.99. The van der Waals surface area contributed by atoms with Crippen LogP contribution in [-0.2, 0) is 0 Å². The Balaban J connectivity index is 0. The van der Waals surface area contributed by atoms with Crippen molar-refractivity contribution in [3.63, 3.8) is 0 Å². The summed E-state index contributed by atoms with van der Waals surface area (Å²) in [4.78, 5) is 10.3. The van der Waals surface area contributed by atoms with Gasteiger partial charge < -0.3 is 20.4 Å². The summed E-state index contributed by atoms with van der Waals surface area (Å²) < 4.78 is 0. The van der Waals surface area contributed by atoms with Crippen molar-refractivity contribution in [3.8, 4) is 17.2 Å². The van der Waals surface area contributed by atoms with Gasteiger partial charge in [-0.25, -0.2) is 4.79 Å². The molecule has 1 aromatic rings. The molecule has 0 bridgehead atoms. The fourth-order valence-corrected chi connectivity index (χ4v) is 0.728. The first-order valence-corrected chi connectivity index (χ1v) is 3.00. The second-order valence-electron chi connectivity index (χ2n) is 2.17. The first-order chi connectivity index (χ1) is 5.52. The van der Waals surface area contributed by atoms with Gasteiger partial charge in [-0.05, 0) is 12.1 Å². The van der Waals surface area contributed by atoms with Crippen LogP contribution in [0.2, 0.25) is 0 Å². The molecule has 0 atom stereocenters. The van der Waals surface area contributed by atoms with Gasteiger partial charge in [-0.3, -0.25) is 0 Å². The number of benzene rings is 1. The fourth-order valence-electron chi connectivity index (χ4n) is 0.728. The Morgan fingerprint density at radius 1 is 1.07 bits per heavy atom. The Kier molecular flexibility index (Phi) is 8.91. The van der Waals surface area contributed by atoms with Gasteiger partial charge in [-0.2, -0.15) is 0 Å². The number of rotatable bonds is 1. The van der Waals surface area contributed by atoms with E-state index in [9.17, 15) is 4.79 Å². The van der Waals surface area contributed by atoms with E-state index in [2.05, 4.69) is 0 Å². The molecule has 1 rings (SSSR count). The molecule has 0 amide bonds. The molecule has 0 heterocycles. The molecule has 0 unspecified atom stereocenters. The van der Waals surface area contributed by atoms with Crippen LogP contribution in [0.4, 0.5) is 0 Å². The zero-order valence-electron chi connectivity index (χ0n) is 6.21. The molecule has 0 spiro atoms. The van der Waals surface area contributed by atoms with Gasteiger partial charge in [0.25, 0.3) is 0 Å². The van der Waals surface area contributed by atoms with Crippen LogP contribution in [0.15, 0.2) is 12.1 Å². The van der Waals surface area contributed by atoms with Crippen LogP contribution in [0.3, 0.4) is 0 Å². The van der Waals surface area contributed by atoms with Gasteiger partial charge in [0.15, 0.2) is 17.2 Å². The van der Waals surface area contributed by atoms with E-state index in [1.165, 1.54) is 0 Å². The maximum atomic E-state index is 10.3. The first kappa shape index (κ1) is 17.3. The summed E-state index contributed by atoms with van der Waals surface area (Å²) in [7, 11) is 0. The van der Waals surface area contributed by atoms with Crippen molar-refractivity contribution in [2.75, 3.05) is 0 Å². The molecule has 14 heavy (non-hydrogen) atoms. The van der Waals surface area contributed by atoms with Crippen LogP contribution in [0.25, 0.3) is 0 Å². The second kappa shape index (κ2) is 7.22. The van der Waals surface area contributed by atoms with Crippen LogP contribution >= 0.6 is 0 Å². The predicted octanol–water partition coefficient (Wildman–Crippen LogP) is -0.415. The Labute approximate surface area is 149 Å². The molecule has 0 saturated carbocycles. The fraction of sp³-hybridized carbons (Fsp3) is 0. The van der Waals surface area contributed by atoms with E-state index in [0.717, 1.165) is 12.1 Å². The van der Waals surface area contributed by atoms with E-state index in [4.69, 9.17) is 20.4 Å². The zero-order valence-corrected chi connectivity index (χ0v) is 8.47. The van der Waals surface area contributed by atoms with E-state index in [0.29, 0.717) is 0 Å². The predicted molar refractivity (Wildman–Crippen MR) is 46.9 cm³/mol. The Hall–Kier alpha value is 0.895. The molecule has 76 valence electrons. The van der Waals surface area contributed by atoms with Crippen LogP contribution in [0, 0.1) is 39.9 Å². The van der Waals surface area contributed by atoms with Crippen molar-refractivity contribution in [1.82, 2.24) is 0 Å². The van der Waals surface area contributed by atoms with Gasteiger partial charge in [-0.1, -0.05) is 0 Å². The van der Waals surface area contributed by atoms with Crippen LogP contribution in [0.5, 0.6) is 17.2 Å². The van der Waals surface area contributed by atoms with Gasteiger partial charge in [0.2, 0.25) is 0 Å². The topological polar surface area (TPSA) is 98.0 Å². The van der Waals surface area contributed by atoms with Gasteiger partial charge in [0, 0.05) is 39.9 Å². The SMILES string of the molecule is O=C(O)c1cc(O)c(O)c(O)c1.[Gd].[SrH2]. The number of carboxylic acids is 1. The van der Waals surface area contributed by atoms with Crippen LogP contribution in [0.1, 0.15) is 10.4 Å². The number of carboxylic acid groups (broad SMARTS) is 1. The number of hydrogen-bond donors (Lipinski definition) is 4. The summed E-state index contributed by atoms with van der Waals surface area (Å²) in [5.41, 5.74) is -0.289. The summed E-state index contributed by atoms with van der Waals surface area (Å²) in [6, 6.07) is 1.69. The van der Waals surface area contributed by atoms with Gasteiger partial charge >= 0.3 is 51.5 Å². The second-order valence-corrected chi connectivity index (χ2v) is 2.17. The van der Waals surface area contributed by atoms with Crippen molar-refractivity contribution in [2.45, 2.75) is 0 Å². The number of carbonyl (C=O) groups is 1. The molecule has 0 radical (unpaired) electrons. The summed E-state index contributed by atoms with van der Waals surface area (Å²) in [5.74, 6) is -3.33. The number of aromatic carboxylic acids is 1.